The Balaban J connectivity index is 1.16. The largest absolute Gasteiger partial charge is 0.326 e. The van der Waals surface area contributed by atoms with Crippen LogP contribution in [0.4, 0.5) is 5.69 Å². The fourth-order valence-corrected chi connectivity index (χ4v) is 5.69. The molecule has 168 valence electrons. The van der Waals surface area contributed by atoms with Gasteiger partial charge in [0.1, 0.15) is 4.83 Å². The molecule has 0 unspecified atom stereocenters. The van der Waals surface area contributed by atoms with Gasteiger partial charge in [0, 0.05) is 29.1 Å². The predicted octanol–water partition coefficient (Wildman–Crippen LogP) is 3.35. The number of thiophene rings is 1. The summed E-state index contributed by atoms with van der Waals surface area (Å²) in [6, 6.07) is 7.89. The van der Waals surface area contributed by atoms with Gasteiger partial charge in [-0.15, -0.1) is 16.4 Å². The molecule has 2 aliphatic rings. The van der Waals surface area contributed by atoms with Crippen LogP contribution in [0.1, 0.15) is 48.6 Å². The van der Waals surface area contributed by atoms with Crippen LogP contribution >= 0.6 is 11.3 Å². The molecule has 0 saturated heterocycles. The SMILES string of the molecule is O=C(CCn1cnc2sc3c(c2c1=O)CCCC3)Nc1cccc(-c2nnnn2C2CC2)c1. The molecule has 3 heterocycles. The smallest absolute Gasteiger partial charge is 0.262 e. The highest BCUT2D eigenvalue weighted by atomic mass is 32.1. The van der Waals surface area contributed by atoms with Gasteiger partial charge in [0.15, 0.2) is 5.82 Å². The van der Waals surface area contributed by atoms with Gasteiger partial charge >= 0.3 is 0 Å². The molecule has 2 aliphatic carbocycles. The molecule has 0 spiro atoms. The number of aromatic nitrogens is 6. The van der Waals surface area contributed by atoms with Gasteiger partial charge in [-0.2, -0.15) is 0 Å². The summed E-state index contributed by atoms with van der Waals surface area (Å²) in [7, 11) is 0. The number of nitrogens with one attached hydrogen (secondary N) is 1. The highest BCUT2D eigenvalue weighted by Gasteiger charge is 2.28. The number of hydrogen-bond acceptors (Lipinski definition) is 7. The summed E-state index contributed by atoms with van der Waals surface area (Å²) in [6.07, 6.45) is 8.18. The van der Waals surface area contributed by atoms with Crippen LogP contribution in [0.25, 0.3) is 21.6 Å². The molecule has 6 rings (SSSR count). The van der Waals surface area contributed by atoms with E-state index in [1.165, 1.54) is 16.9 Å². The Morgan fingerprint density at radius 1 is 1.21 bits per heavy atom. The van der Waals surface area contributed by atoms with E-state index in [-0.39, 0.29) is 24.4 Å². The van der Waals surface area contributed by atoms with Crippen molar-refractivity contribution < 1.29 is 4.79 Å². The maximum atomic E-state index is 13.1. The summed E-state index contributed by atoms with van der Waals surface area (Å²) >= 11 is 1.64. The molecule has 10 heteroatoms. The fraction of sp³-hybridized carbons (Fsp3) is 0.391. The Labute approximate surface area is 193 Å². The Hall–Kier alpha value is -3.40. The van der Waals surface area contributed by atoms with E-state index in [4.69, 9.17) is 0 Å². The summed E-state index contributed by atoms with van der Waals surface area (Å²) in [4.78, 5) is 32.3. The number of aryl methyl sites for hydroxylation is 3. The molecule has 1 amide bonds. The molecule has 0 bridgehead atoms. The Morgan fingerprint density at radius 2 is 2.09 bits per heavy atom. The van der Waals surface area contributed by atoms with Gasteiger partial charge in [-0.3, -0.25) is 14.2 Å². The number of carbonyl (C=O) groups excluding carboxylic acids is 1. The third-order valence-corrected chi connectivity index (χ3v) is 7.51. The van der Waals surface area contributed by atoms with Gasteiger partial charge < -0.3 is 5.32 Å². The first-order valence-corrected chi connectivity index (χ1v) is 12.2. The minimum Gasteiger partial charge on any atom is -0.326 e. The number of carbonyl (C=O) groups is 1. The van der Waals surface area contributed by atoms with Gasteiger partial charge in [0.05, 0.1) is 17.8 Å². The molecule has 9 nitrogen and oxygen atoms in total. The number of anilines is 1. The van der Waals surface area contributed by atoms with Crippen molar-refractivity contribution in [3.8, 4) is 11.4 Å². The second-order valence-electron chi connectivity index (χ2n) is 8.69. The summed E-state index contributed by atoms with van der Waals surface area (Å²) in [6.45, 7) is 0.290. The van der Waals surface area contributed by atoms with Gasteiger partial charge in [-0.1, -0.05) is 12.1 Å². The predicted molar refractivity (Wildman–Crippen MR) is 125 cm³/mol. The maximum Gasteiger partial charge on any atom is 0.262 e. The highest BCUT2D eigenvalue weighted by molar-refractivity contribution is 7.18. The van der Waals surface area contributed by atoms with Crippen molar-refractivity contribution in [2.75, 3.05) is 5.32 Å². The van der Waals surface area contributed by atoms with Crippen molar-refractivity contribution in [3.63, 3.8) is 0 Å². The van der Waals surface area contributed by atoms with Crippen LogP contribution in [0.2, 0.25) is 0 Å². The summed E-state index contributed by atoms with van der Waals surface area (Å²) in [5.41, 5.74) is 2.66. The summed E-state index contributed by atoms with van der Waals surface area (Å²) < 4.78 is 3.41. The van der Waals surface area contributed by atoms with E-state index in [2.05, 4.69) is 25.8 Å². The van der Waals surface area contributed by atoms with Crippen LogP contribution in [-0.2, 0) is 24.2 Å². The molecule has 1 saturated carbocycles. The average molecular weight is 462 g/mol. The number of nitrogens with zero attached hydrogens (tertiary/aromatic N) is 6. The van der Waals surface area contributed by atoms with Crippen LogP contribution in [0.5, 0.6) is 0 Å². The zero-order valence-corrected chi connectivity index (χ0v) is 18.8. The topological polar surface area (TPSA) is 108 Å². The molecule has 1 fully saturated rings. The lowest BCUT2D eigenvalue weighted by Crippen LogP contribution is -2.24. The third-order valence-electron chi connectivity index (χ3n) is 6.31. The second kappa shape index (κ2) is 8.18. The molecule has 3 aromatic heterocycles. The van der Waals surface area contributed by atoms with Crippen molar-refractivity contribution in [1.82, 2.24) is 29.8 Å². The first-order chi connectivity index (χ1) is 16.2. The van der Waals surface area contributed by atoms with Gasteiger partial charge in [-0.05, 0) is 66.6 Å². The average Bonchev–Trinajstić information content (AvgIpc) is 3.42. The zero-order valence-electron chi connectivity index (χ0n) is 18.0. The fourth-order valence-electron chi connectivity index (χ4n) is 4.47. The van der Waals surface area contributed by atoms with Crippen LogP contribution in [0.3, 0.4) is 0 Å². The zero-order chi connectivity index (χ0) is 22.4. The molecule has 1 N–H and O–H groups in total. The summed E-state index contributed by atoms with van der Waals surface area (Å²) in [5, 5.41) is 15.7. The van der Waals surface area contributed by atoms with Crippen molar-refractivity contribution >= 4 is 33.1 Å². The van der Waals surface area contributed by atoms with E-state index < -0.39 is 0 Å². The van der Waals surface area contributed by atoms with Crippen LogP contribution in [-0.4, -0.2) is 35.7 Å². The lowest BCUT2D eigenvalue weighted by molar-refractivity contribution is -0.116. The van der Waals surface area contributed by atoms with Gasteiger partial charge in [0.2, 0.25) is 5.91 Å². The quantitative estimate of drug-likeness (QED) is 0.472. The molecule has 4 aromatic rings. The molecule has 0 radical (unpaired) electrons. The highest BCUT2D eigenvalue weighted by Crippen LogP contribution is 2.37. The number of amides is 1. The lowest BCUT2D eigenvalue weighted by Gasteiger charge is -2.11. The number of fused-ring (bicyclic) bond motifs is 3. The minimum atomic E-state index is -0.159. The first kappa shape index (κ1) is 20.2. The number of tetrazole rings is 1. The normalized spacial score (nSPS) is 15.5. The van der Waals surface area contributed by atoms with Crippen molar-refractivity contribution in [2.24, 2.45) is 0 Å². The van der Waals surface area contributed by atoms with E-state index in [9.17, 15) is 9.59 Å². The number of benzene rings is 1. The third kappa shape index (κ3) is 3.84. The Morgan fingerprint density at radius 3 is 2.97 bits per heavy atom. The summed E-state index contributed by atoms with van der Waals surface area (Å²) in [5.74, 6) is 0.548. The van der Waals surface area contributed by atoms with Crippen molar-refractivity contribution in [1.29, 1.82) is 0 Å². The first-order valence-electron chi connectivity index (χ1n) is 11.4. The minimum absolute atomic E-state index is 0.0406. The van der Waals surface area contributed by atoms with Crippen molar-refractivity contribution in [2.45, 2.75) is 57.5 Å². The Kier molecular flexibility index (Phi) is 5.01. The molecule has 1 aromatic carbocycles. The van der Waals surface area contributed by atoms with E-state index in [1.807, 2.05) is 28.9 Å². The van der Waals surface area contributed by atoms with Gasteiger partial charge in [-0.25, -0.2) is 9.67 Å². The van der Waals surface area contributed by atoms with Crippen LogP contribution < -0.4 is 10.9 Å². The molecular formula is C23H23N7O2S. The van der Waals surface area contributed by atoms with E-state index in [0.29, 0.717) is 17.6 Å². The molecule has 0 aliphatic heterocycles. The lowest BCUT2D eigenvalue weighted by atomic mass is 9.97. The van der Waals surface area contributed by atoms with Gasteiger partial charge in [0.25, 0.3) is 5.56 Å². The van der Waals surface area contributed by atoms with Crippen LogP contribution in [0.15, 0.2) is 35.4 Å². The van der Waals surface area contributed by atoms with Crippen LogP contribution in [0, 0.1) is 0 Å². The van der Waals surface area contributed by atoms with E-state index in [0.717, 1.165) is 47.9 Å². The van der Waals surface area contributed by atoms with E-state index in [1.54, 1.807) is 22.2 Å². The monoisotopic (exact) mass is 461 g/mol. The van der Waals surface area contributed by atoms with Crippen molar-refractivity contribution in [3.05, 3.63) is 51.4 Å². The van der Waals surface area contributed by atoms with E-state index >= 15 is 0 Å². The molecular weight excluding hydrogens is 438 g/mol. The Bertz CT molecular complexity index is 1420. The number of rotatable bonds is 6. The molecule has 33 heavy (non-hydrogen) atoms. The second-order valence-corrected chi connectivity index (χ2v) is 9.78. The maximum absolute atomic E-state index is 13.1. The molecule has 0 atom stereocenters. The number of hydrogen-bond donors (Lipinski definition) is 1. The standard InChI is InChI=1S/C23H23N7O2S/c31-19(25-15-5-3-4-14(12-15)21-26-27-28-30(21)16-8-9-16)10-11-29-13-24-22-20(23(29)32)17-6-1-2-7-18(17)33-22/h3-5,12-13,16H,1-2,6-11H2,(H,25,31).